The van der Waals surface area contributed by atoms with E-state index in [-0.39, 0.29) is 0 Å². The fraction of sp³-hybridized carbons (Fsp3) is 0.476. The smallest absolute Gasteiger partial charge is 0.326 e. The molecule has 172 valence electrons. The Kier molecular flexibility index (Phi) is 6.96. The number of amides is 6. The monoisotopic (exact) mass is 446 g/mol. The normalized spacial score (nSPS) is 22.3. The second-order valence-corrected chi connectivity index (χ2v) is 7.98. The van der Waals surface area contributed by atoms with E-state index in [1.807, 2.05) is 5.32 Å². The van der Waals surface area contributed by atoms with Crippen molar-refractivity contribution in [1.29, 1.82) is 0 Å². The molecule has 1 aliphatic heterocycles. The van der Waals surface area contributed by atoms with Crippen molar-refractivity contribution in [3.8, 4) is 5.75 Å². The van der Waals surface area contributed by atoms with E-state index in [2.05, 4.69) is 17.6 Å². The van der Waals surface area contributed by atoms with Gasteiger partial charge in [0.2, 0.25) is 0 Å². The Bertz CT molecular complexity index is 907. The highest BCUT2D eigenvalue weighted by Crippen LogP contribution is 2.36. The van der Waals surface area contributed by atoms with Gasteiger partial charge in [0.05, 0.1) is 7.11 Å². The molecule has 1 heterocycles. The Morgan fingerprint density at radius 3 is 2.44 bits per heavy atom. The van der Waals surface area contributed by atoms with Gasteiger partial charge in [-0.1, -0.05) is 6.92 Å². The van der Waals surface area contributed by atoms with E-state index in [1.54, 1.807) is 24.3 Å². The summed E-state index contributed by atoms with van der Waals surface area (Å²) < 4.78 is 9.83. The van der Waals surface area contributed by atoms with Crippen LogP contribution in [0.3, 0.4) is 0 Å². The number of carbonyl (C=O) groups is 5. The molecular formula is C21H26N4O7. The first-order valence-corrected chi connectivity index (χ1v) is 10.3. The number of ether oxygens (including phenoxy) is 2. The van der Waals surface area contributed by atoms with Crippen LogP contribution in [0.25, 0.3) is 0 Å². The second-order valence-electron chi connectivity index (χ2n) is 7.98. The third-order valence-corrected chi connectivity index (χ3v) is 5.63. The summed E-state index contributed by atoms with van der Waals surface area (Å²) >= 11 is 0. The topological polar surface area (TPSA) is 143 Å². The van der Waals surface area contributed by atoms with E-state index >= 15 is 0 Å². The molecular weight excluding hydrogens is 420 g/mol. The maximum atomic E-state index is 12.7. The van der Waals surface area contributed by atoms with Crippen LogP contribution in [0.5, 0.6) is 5.75 Å². The Morgan fingerprint density at radius 1 is 1.16 bits per heavy atom. The second kappa shape index (κ2) is 9.67. The molecule has 3 N–H and O–H groups in total. The van der Waals surface area contributed by atoms with Gasteiger partial charge in [-0.05, 0) is 55.9 Å². The van der Waals surface area contributed by atoms with Gasteiger partial charge in [-0.15, -0.1) is 0 Å². The molecule has 6 amide bonds. The Labute approximate surface area is 184 Å². The van der Waals surface area contributed by atoms with Crippen LogP contribution >= 0.6 is 0 Å². The van der Waals surface area contributed by atoms with Crippen molar-refractivity contribution in [2.24, 2.45) is 5.92 Å². The van der Waals surface area contributed by atoms with Crippen molar-refractivity contribution < 1.29 is 33.4 Å². The van der Waals surface area contributed by atoms with Crippen LogP contribution in [0.4, 0.5) is 15.3 Å². The van der Waals surface area contributed by atoms with Gasteiger partial charge >= 0.3 is 18.0 Å². The molecule has 32 heavy (non-hydrogen) atoms. The van der Waals surface area contributed by atoms with Crippen LogP contribution in [-0.4, -0.2) is 60.5 Å². The maximum Gasteiger partial charge on any atom is 0.326 e. The van der Waals surface area contributed by atoms with Crippen molar-refractivity contribution >= 4 is 35.5 Å². The molecule has 2 fully saturated rings. The number of urea groups is 2. The molecule has 1 saturated carbocycles. The molecule has 1 aromatic rings. The number of anilines is 1. The number of hydrogen-bond donors (Lipinski definition) is 3. The summed E-state index contributed by atoms with van der Waals surface area (Å²) in [7, 11) is 1.51. The van der Waals surface area contributed by atoms with Crippen molar-refractivity contribution in [2.45, 2.75) is 38.1 Å². The minimum absolute atomic E-state index is 0.428. The molecule has 3 rings (SSSR count). The summed E-state index contributed by atoms with van der Waals surface area (Å²) in [6, 6.07) is 4.98. The van der Waals surface area contributed by atoms with Gasteiger partial charge in [-0.2, -0.15) is 0 Å². The fourth-order valence-electron chi connectivity index (χ4n) is 3.73. The van der Waals surface area contributed by atoms with E-state index < -0.39 is 48.5 Å². The lowest BCUT2D eigenvalue weighted by Crippen LogP contribution is -2.49. The first kappa shape index (κ1) is 23.0. The van der Waals surface area contributed by atoms with Gasteiger partial charge in [0.25, 0.3) is 11.8 Å². The number of carbonyl (C=O) groups excluding carboxylic acids is 5. The lowest BCUT2D eigenvalue weighted by atomic mass is 9.77. The lowest BCUT2D eigenvalue weighted by Gasteiger charge is -2.33. The van der Waals surface area contributed by atoms with Gasteiger partial charge in [0.15, 0.2) is 6.61 Å². The van der Waals surface area contributed by atoms with E-state index in [0.717, 1.165) is 17.7 Å². The molecule has 0 aromatic heterocycles. The fourth-order valence-corrected chi connectivity index (χ4v) is 3.73. The van der Waals surface area contributed by atoms with Crippen LogP contribution in [0.15, 0.2) is 24.3 Å². The van der Waals surface area contributed by atoms with E-state index in [9.17, 15) is 24.0 Å². The molecule has 11 heteroatoms. The van der Waals surface area contributed by atoms with Crippen LogP contribution in [0, 0.1) is 5.92 Å². The van der Waals surface area contributed by atoms with E-state index in [4.69, 9.17) is 9.47 Å². The highest BCUT2D eigenvalue weighted by Gasteiger charge is 2.52. The quantitative estimate of drug-likeness (QED) is 0.442. The predicted molar refractivity (Wildman–Crippen MR) is 112 cm³/mol. The van der Waals surface area contributed by atoms with Crippen molar-refractivity contribution in [3.63, 3.8) is 0 Å². The van der Waals surface area contributed by atoms with E-state index in [1.165, 1.54) is 7.11 Å². The van der Waals surface area contributed by atoms with Gasteiger partial charge in [-0.3, -0.25) is 24.6 Å². The molecule has 1 aromatic carbocycles. The maximum absolute atomic E-state index is 12.7. The van der Waals surface area contributed by atoms with Crippen molar-refractivity contribution in [3.05, 3.63) is 24.3 Å². The molecule has 0 atom stereocenters. The molecule has 1 aliphatic carbocycles. The SMILES string of the molecule is COc1ccc(NC(=O)NC(=O)COC(=O)CN2C(=O)NC3(CCC(C)CC3)C2=O)cc1. The summed E-state index contributed by atoms with van der Waals surface area (Å²) in [5, 5.41) is 7.17. The van der Waals surface area contributed by atoms with Crippen LogP contribution in [-0.2, 0) is 19.1 Å². The predicted octanol–water partition coefficient (Wildman–Crippen LogP) is 1.39. The molecule has 0 radical (unpaired) electrons. The highest BCUT2D eigenvalue weighted by atomic mass is 16.5. The highest BCUT2D eigenvalue weighted by molar-refractivity contribution is 6.09. The summed E-state index contributed by atoms with van der Waals surface area (Å²) in [4.78, 5) is 61.5. The molecule has 1 spiro atoms. The third-order valence-electron chi connectivity index (χ3n) is 5.63. The van der Waals surface area contributed by atoms with Gasteiger partial charge in [0.1, 0.15) is 17.8 Å². The Hall–Kier alpha value is -3.63. The Balaban J connectivity index is 1.43. The first-order valence-electron chi connectivity index (χ1n) is 10.3. The first-order chi connectivity index (χ1) is 15.2. The lowest BCUT2D eigenvalue weighted by molar-refractivity contribution is -0.151. The zero-order chi connectivity index (χ0) is 23.3. The number of nitrogens with one attached hydrogen (secondary N) is 3. The summed E-state index contributed by atoms with van der Waals surface area (Å²) in [6.45, 7) is 0.750. The van der Waals surface area contributed by atoms with Gasteiger partial charge in [-0.25, -0.2) is 9.59 Å². The zero-order valence-electron chi connectivity index (χ0n) is 17.9. The van der Waals surface area contributed by atoms with Crippen LogP contribution in [0.1, 0.15) is 32.6 Å². The number of nitrogens with zero attached hydrogens (tertiary/aromatic N) is 1. The van der Waals surface area contributed by atoms with Crippen molar-refractivity contribution in [1.82, 2.24) is 15.5 Å². The van der Waals surface area contributed by atoms with Gasteiger partial charge < -0.3 is 20.1 Å². The number of methoxy groups -OCH3 is 1. The third kappa shape index (κ3) is 5.34. The molecule has 0 unspecified atom stereocenters. The minimum Gasteiger partial charge on any atom is -0.497 e. The minimum atomic E-state index is -0.958. The average Bonchev–Trinajstić information content (AvgIpc) is 2.99. The Morgan fingerprint density at radius 2 is 1.81 bits per heavy atom. The van der Waals surface area contributed by atoms with Crippen molar-refractivity contribution in [2.75, 3.05) is 25.6 Å². The molecule has 1 saturated heterocycles. The van der Waals surface area contributed by atoms with E-state index in [0.29, 0.717) is 30.2 Å². The zero-order valence-corrected chi connectivity index (χ0v) is 17.9. The molecule has 2 aliphatic rings. The van der Waals surface area contributed by atoms with Crippen LogP contribution in [0.2, 0.25) is 0 Å². The number of esters is 1. The van der Waals surface area contributed by atoms with Crippen LogP contribution < -0.4 is 20.7 Å². The summed E-state index contributed by atoms with van der Waals surface area (Å²) in [5.41, 5.74) is -0.529. The number of imide groups is 2. The average molecular weight is 446 g/mol. The molecule has 0 bridgehead atoms. The largest absolute Gasteiger partial charge is 0.497 e. The number of hydrogen-bond acceptors (Lipinski definition) is 7. The molecule has 11 nitrogen and oxygen atoms in total. The summed E-state index contributed by atoms with van der Waals surface area (Å²) in [6.07, 6.45) is 2.66. The number of rotatable bonds is 6. The number of benzene rings is 1. The van der Waals surface area contributed by atoms with Gasteiger partial charge in [0, 0.05) is 5.69 Å². The summed E-state index contributed by atoms with van der Waals surface area (Å²) in [5.74, 6) is -1.16. The standard InChI is InChI=1S/C21H26N4O7/c1-13-7-9-21(10-8-13)18(28)25(20(30)24-21)11-17(27)32-12-16(26)23-19(29)22-14-3-5-15(31-2)6-4-14/h3-6,13H,7-12H2,1-2H3,(H,24,30)(H2,22,23,26,29).